The van der Waals surface area contributed by atoms with Gasteiger partial charge in [0.25, 0.3) is 6.71 Å². The van der Waals surface area contributed by atoms with Crippen LogP contribution in [0.4, 0.5) is 0 Å². The van der Waals surface area contributed by atoms with Crippen LogP contribution >= 0.6 is 0 Å². The normalized spacial score (nSPS) is 12.8. The number of fused-ring (bicyclic) bond motifs is 10. The van der Waals surface area contributed by atoms with Crippen LogP contribution in [0.5, 0.6) is 0 Å². The highest BCUT2D eigenvalue weighted by Crippen LogP contribution is 2.48. The molecule has 0 aliphatic carbocycles. The first kappa shape index (κ1) is 45.4. The van der Waals surface area contributed by atoms with Crippen molar-refractivity contribution in [1.82, 2.24) is 14.1 Å². The zero-order chi connectivity index (χ0) is 51.9. The summed E-state index contributed by atoms with van der Waals surface area (Å²) in [5, 5.41) is 5.13. The predicted octanol–water partition coefficient (Wildman–Crippen LogP) is 17.0. The summed E-state index contributed by atoms with van der Waals surface area (Å²) in [5.74, 6) is 0. The van der Waals surface area contributed by atoms with E-state index in [1.165, 1.54) is 127 Å². The van der Waals surface area contributed by atoms with Gasteiger partial charge in [0.05, 0.1) is 22.4 Å². The Balaban J connectivity index is 1.17. The molecule has 366 valence electrons. The van der Waals surface area contributed by atoms with Crippen LogP contribution in [0.2, 0.25) is 0 Å². The van der Waals surface area contributed by atoms with Gasteiger partial charge >= 0.3 is 0 Å². The van der Waals surface area contributed by atoms with Gasteiger partial charge in [0.15, 0.2) is 0 Å². The van der Waals surface area contributed by atoms with Gasteiger partial charge in [0.1, 0.15) is 0 Å². The van der Waals surface area contributed by atoms with Crippen molar-refractivity contribution in [3.63, 3.8) is 0 Å². The first-order valence-electron chi connectivity index (χ1n) is 27.2. The maximum atomic E-state index is 5.53. The Kier molecular flexibility index (Phi) is 9.88. The molecule has 0 unspecified atom stereocenters. The molecular formula is C73H56BN3. The lowest BCUT2D eigenvalue weighted by molar-refractivity contribution is 0.591. The van der Waals surface area contributed by atoms with E-state index in [9.17, 15) is 0 Å². The molecule has 3 aromatic heterocycles. The molecule has 15 rings (SSSR count). The van der Waals surface area contributed by atoms with Gasteiger partial charge in [0, 0.05) is 55.1 Å². The molecule has 10 aromatic carbocycles. The number of pyridine rings is 1. The van der Waals surface area contributed by atoms with E-state index >= 15 is 0 Å². The zero-order valence-corrected chi connectivity index (χ0v) is 44.4. The third kappa shape index (κ3) is 7.01. The van der Waals surface area contributed by atoms with Crippen molar-refractivity contribution < 1.29 is 0 Å². The van der Waals surface area contributed by atoms with Gasteiger partial charge in [-0.25, -0.2) is 4.98 Å². The molecule has 0 bridgehead atoms. The number of hydrogen-bond donors (Lipinski definition) is 0. The lowest BCUT2D eigenvalue weighted by Crippen LogP contribution is -2.59. The fourth-order valence-corrected chi connectivity index (χ4v) is 13.0. The number of rotatable bonds is 6. The molecule has 2 aliphatic rings. The second-order valence-electron chi connectivity index (χ2n) is 23.5. The number of hydrogen-bond acceptors (Lipinski definition) is 1. The fraction of sp³-hybridized carbons (Fsp3) is 0.110. The second-order valence-corrected chi connectivity index (χ2v) is 23.5. The molecule has 0 saturated carbocycles. The molecule has 0 N–H and O–H groups in total. The topological polar surface area (TPSA) is 22.8 Å². The molecule has 2 aliphatic heterocycles. The third-order valence-electron chi connectivity index (χ3n) is 16.7. The Morgan fingerprint density at radius 2 is 0.714 bits per heavy atom. The quantitative estimate of drug-likeness (QED) is 0.152. The third-order valence-corrected chi connectivity index (χ3v) is 16.7. The number of benzene rings is 10. The van der Waals surface area contributed by atoms with E-state index in [-0.39, 0.29) is 17.5 Å². The molecule has 3 nitrogen and oxygen atoms in total. The van der Waals surface area contributed by atoms with Crippen LogP contribution in [-0.2, 0) is 10.8 Å². The van der Waals surface area contributed by atoms with E-state index in [0.29, 0.717) is 0 Å². The van der Waals surface area contributed by atoms with Gasteiger partial charge in [0.2, 0.25) is 0 Å². The molecule has 0 fully saturated rings. The van der Waals surface area contributed by atoms with Crippen LogP contribution in [0.3, 0.4) is 0 Å². The number of nitrogens with zero attached hydrogens (tertiary/aromatic N) is 3. The van der Waals surface area contributed by atoms with E-state index in [1.807, 2.05) is 0 Å². The average molecular weight is 986 g/mol. The summed E-state index contributed by atoms with van der Waals surface area (Å²) in [5.41, 5.74) is 27.5. The fourth-order valence-electron chi connectivity index (χ4n) is 13.0. The summed E-state index contributed by atoms with van der Waals surface area (Å²) in [6.45, 7) is 14.2. The highest BCUT2D eigenvalue weighted by Gasteiger charge is 2.43. The molecule has 0 amide bonds. The van der Waals surface area contributed by atoms with E-state index in [4.69, 9.17) is 4.98 Å². The first-order valence-corrected chi connectivity index (χ1v) is 27.2. The van der Waals surface area contributed by atoms with E-state index < -0.39 is 0 Å². The minimum atomic E-state index is -0.136. The smallest absolute Gasteiger partial charge is 0.252 e. The van der Waals surface area contributed by atoms with Crippen molar-refractivity contribution in [2.24, 2.45) is 0 Å². The first-order chi connectivity index (χ1) is 37.5. The van der Waals surface area contributed by atoms with E-state index in [1.54, 1.807) is 0 Å². The molecule has 5 heterocycles. The molecule has 0 atom stereocenters. The van der Waals surface area contributed by atoms with Gasteiger partial charge in [-0.05, 0) is 144 Å². The molecule has 0 saturated heterocycles. The summed E-state index contributed by atoms with van der Waals surface area (Å²) in [7, 11) is 0. The van der Waals surface area contributed by atoms with Crippen LogP contribution in [-0.4, -0.2) is 20.8 Å². The predicted molar refractivity (Wildman–Crippen MR) is 328 cm³/mol. The lowest BCUT2D eigenvalue weighted by atomic mass is 9.34. The van der Waals surface area contributed by atoms with Crippen molar-refractivity contribution in [1.29, 1.82) is 0 Å². The molecule has 4 heteroatoms. The maximum absolute atomic E-state index is 5.53. The van der Waals surface area contributed by atoms with E-state index in [0.717, 1.165) is 22.5 Å². The Morgan fingerprint density at radius 3 is 1.12 bits per heavy atom. The SMILES string of the molecule is CC(C)(C)c1cc2c3c(c1)c1c(-c4ccccc4)cc(-c4ccccc4)cc1n3-c1cc(-c3cccc(-c4ccccc4)n3)cc3c1B2c1cc(C(C)(C)C)cc2c4c(-c5ccccc5)cc(-c5ccccc5)cc4n-3c12. The summed E-state index contributed by atoms with van der Waals surface area (Å²) >= 11 is 0. The average Bonchev–Trinajstić information content (AvgIpc) is 4.23. The summed E-state index contributed by atoms with van der Waals surface area (Å²) < 4.78 is 5.33. The summed E-state index contributed by atoms with van der Waals surface area (Å²) in [6, 6.07) is 86.2. The minimum absolute atomic E-state index is 0.0802. The van der Waals surface area contributed by atoms with Gasteiger partial charge in [-0.15, -0.1) is 0 Å². The number of aromatic nitrogens is 3. The van der Waals surface area contributed by atoms with Gasteiger partial charge in [-0.3, -0.25) is 0 Å². The van der Waals surface area contributed by atoms with Crippen LogP contribution < -0.4 is 16.4 Å². The standard InChI is InChI=1S/C73H56BN3/c1-72(2,3)53-41-57-67-55(47-27-16-9-17-28-47)35-50(45-23-12-7-13-24-45)37-63(67)76-65-39-52(62-34-22-33-61(75-62)49-31-20-11-21-32-49)40-66-69(65)74(59(43-53)70(57)76)60-44-54(73(4,5)6)42-58-68-56(48-29-18-10-19-30-48)36-51(46-25-14-8-15-26-46)38-64(68)77(66)71(58)60/h7-44H,1-6H3. The van der Waals surface area contributed by atoms with Crippen molar-refractivity contribution in [2.45, 2.75) is 52.4 Å². The second kappa shape index (κ2) is 16.8. The molecule has 0 spiro atoms. The zero-order valence-electron chi connectivity index (χ0n) is 44.4. The van der Waals surface area contributed by atoms with Crippen molar-refractivity contribution in [3.05, 3.63) is 242 Å². The van der Waals surface area contributed by atoms with Crippen LogP contribution in [0.1, 0.15) is 52.7 Å². The molecule has 0 radical (unpaired) electrons. The Labute approximate surface area is 450 Å². The highest BCUT2D eigenvalue weighted by atomic mass is 15.0. The minimum Gasteiger partial charge on any atom is -0.310 e. The maximum Gasteiger partial charge on any atom is 0.252 e. The van der Waals surface area contributed by atoms with E-state index in [2.05, 4.69) is 281 Å². The van der Waals surface area contributed by atoms with Gasteiger partial charge < -0.3 is 9.13 Å². The van der Waals surface area contributed by atoms with Gasteiger partial charge in [-0.2, -0.15) is 0 Å². The van der Waals surface area contributed by atoms with Crippen LogP contribution in [0.25, 0.3) is 122 Å². The van der Waals surface area contributed by atoms with Crippen LogP contribution in [0, 0.1) is 0 Å². The summed E-state index contributed by atoms with van der Waals surface area (Å²) in [6.07, 6.45) is 0. The monoisotopic (exact) mass is 985 g/mol. The van der Waals surface area contributed by atoms with Crippen LogP contribution in [0.15, 0.2) is 231 Å². The largest absolute Gasteiger partial charge is 0.310 e. The van der Waals surface area contributed by atoms with Crippen molar-refractivity contribution in [3.8, 4) is 78.4 Å². The molecular weight excluding hydrogens is 930 g/mol. The summed E-state index contributed by atoms with van der Waals surface area (Å²) in [4.78, 5) is 5.53. The van der Waals surface area contributed by atoms with Gasteiger partial charge in [-0.1, -0.05) is 211 Å². The Hall–Kier alpha value is -8.99. The highest BCUT2D eigenvalue weighted by molar-refractivity contribution is 7.00. The lowest BCUT2D eigenvalue weighted by Gasteiger charge is -2.36. The molecule has 77 heavy (non-hydrogen) atoms. The Morgan fingerprint density at radius 1 is 0.338 bits per heavy atom. The molecule has 13 aromatic rings. The van der Waals surface area contributed by atoms with Crippen molar-refractivity contribution >= 4 is 66.7 Å². The Bertz CT molecular complexity index is 4290. The van der Waals surface area contributed by atoms with Crippen molar-refractivity contribution in [2.75, 3.05) is 0 Å².